The summed E-state index contributed by atoms with van der Waals surface area (Å²) >= 11 is 0. The zero-order chi connectivity index (χ0) is 13.2. The van der Waals surface area contributed by atoms with Gasteiger partial charge >= 0.3 is 6.18 Å². The van der Waals surface area contributed by atoms with E-state index < -0.39 is 12.7 Å². The van der Waals surface area contributed by atoms with Crippen LogP contribution >= 0.6 is 0 Å². The highest BCUT2D eigenvalue weighted by atomic mass is 19.4. The number of anilines is 2. The fourth-order valence-corrected chi connectivity index (χ4v) is 1.70. The second-order valence-electron chi connectivity index (χ2n) is 4.02. The fraction of sp³-hybridized carbons (Fsp3) is 0.700. The second-order valence-corrected chi connectivity index (χ2v) is 4.02. The van der Waals surface area contributed by atoms with E-state index in [1.165, 1.54) is 11.7 Å². The minimum absolute atomic E-state index is 0.310. The standard InChI is InChI=1S/C10H17F3N4/c1-4-5-17-9(8(14)7(2)15-17)16(3)6-10(11,12)13/h4-6,14H2,1-3H3. The summed E-state index contributed by atoms with van der Waals surface area (Å²) in [5.74, 6) is 0.335. The molecule has 7 heteroatoms. The van der Waals surface area contributed by atoms with Crippen LogP contribution in [0.2, 0.25) is 0 Å². The lowest BCUT2D eigenvalue weighted by atomic mass is 10.3. The number of alkyl halides is 3. The number of hydrogen-bond donors (Lipinski definition) is 1. The molecule has 0 bridgehead atoms. The van der Waals surface area contributed by atoms with Crippen molar-refractivity contribution in [2.45, 2.75) is 33.0 Å². The molecule has 0 atom stereocenters. The first kappa shape index (κ1) is 13.7. The van der Waals surface area contributed by atoms with Gasteiger partial charge in [-0.2, -0.15) is 18.3 Å². The lowest BCUT2D eigenvalue weighted by Gasteiger charge is -2.22. The highest BCUT2D eigenvalue weighted by Gasteiger charge is 2.31. The number of rotatable bonds is 4. The number of halogens is 3. The minimum atomic E-state index is -4.25. The number of aromatic nitrogens is 2. The van der Waals surface area contributed by atoms with E-state index in [2.05, 4.69) is 5.10 Å². The van der Waals surface area contributed by atoms with Crippen molar-refractivity contribution in [3.8, 4) is 0 Å². The molecule has 0 spiro atoms. The van der Waals surface area contributed by atoms with E-state index in [-0.39, 0.29) is 0 Å². The Labute approximate surface area is 98.2 Å². The Morgan fingerprint density at radius 1 is 1.41 bits per heavy atom. The Morgan fingerprint density at radius 3 is 2.47 bits per heavy atom. The molecule has 17 heavy (non-hydrogen) atoms. The Kier molecular flexibility index (Phi) is 3.90. The topological polar surface area (TPSA) is 47.1 Å². The van der Waals surface area contributed by atoms with E-state index in [1.54, 1.807) is 6.92 Å². The third-order valence-corrected chi connectivity index (χ3v) is 2.36. The summed E-state index contributed by atoms with van der Waals surface area (Å²) in [6.07, 6.45) is -3.47. The highest BCUT2D eigenvalue weighted by molar-refractivity contribution is 5.65. The van der Waals surface area contributed by atoms with Gasteiger partial charge in [-0.05, 0) is 13.3 Å². The SMILES string of the molecule is CCCn1nc(C)c(N)c1N(C)CC(F)(F)F. The van der Waals surface area contributed by atoms with Crippen molar-refractivity contribution < 1.29 is 13.2 Å². The molecule has 0 aliphatic carbocycles. The van der Waals surface area contributed by atoms with Crippen molar-refractivity contribution in [3.05, 3.63) is 5.69 Å². The van der Waals surface area contributed by atoms with Crippen LogP contribution in [0, 0.1) is 6.92 Å². The molecule has 2 N–H and O–H groups in total. The molecule has 0 unspecified atom stereocenters. The number of aryl methyl sites for hydroxylation is 2. The molecule has 0 aromatic carbocycles. The lowest BCUT2D eigenvalue weighted by Crippen LogP contribution is -2.32. The zero-order valence-electron chi connectivity index (χ0n) is 10.2. The van der Waals surface area contributed by atoms with Crippen molar-refractivity contribution in [1.82, 2.24) is 9.78 Å². The van der Waals surface area contributed by atoms with Crippen LogP contribution in [0.15, 0.2) is 0 Å². The van der Waals surface area contributed by atoms with Gasteiger partial charge in [0.05, 0.1) is 11.4 Å². The first-order valence-corrected chi connectivity index (χ1v) is 5.37. The van der Waals surface area contributed by atoms with Gasteiger partial charge in [0, 0.05) is 13.6 Å². The molecule has 0 aliphatic heterocycles. The molecule has 0 aliphatic rings. The van der Waals surface area contributed by atoms with Crippen LogP contribution in [0.4, 0.5) is 24.7 Å². The van der Waals surface area contributed by atoms with E-state index in [1.807, 2.05) is 6.92 Å². The van der Waals surface area contributed by atoms with Crippen LogP contribution in [-0.2, 0) is 6.54 Å². The van der Waals surface area contributed by atoms with Gasteiger partial charge in [-0.1, -0.05) is 6.92 Å². The normalized spacial score (nSPS) is 11.9. The molecule has 4 nitrogen and oxygen atoms in total. The van der Waals surface area contributed by atoms with Gasteiger partial charge in [-0.25, -0.2) is 4.68 Å². The summed E-state index contributed by atoms with van der Waals surface area (Å²) in [7, 11) is 1.37. The molecular formula is C10H17F3N4. The van der Waals surface area contributed by atoms with Crippen molar-refractivity contribution in [3.63, 3.8) is 0 Å². The quantitative estimate of drug-likeness (QED) is 0.891. The largest absolute Gasteiger partial charge is 0.405 e. The third kappa shape index (κ3) is 3.28. The maximum atomic E-state index is 12.3. The van der Waals surface area contributed by atoms with Crippen molar-refractivity contribution in [2.75, 3.05) is 24.2 Å². The van der Waals surface area contributed by atoms with E-state index in [0.717, 1.165) is 11.3 Å². The van der Waals surface area contributed by atoms with E-state index in [4.69, 9.17) is 5.73 Å². The Balaban J connectivity index is 3.02. The van der Waals surface area contributed by atoms with Gasteiger partial charge < -0.3 is 10.6 Å². The second kappa shape index (κ2) is 4.85. The van der Waals surface area contributed by atoms with Gasteiger partial charge in [0.1, 0.15) is 6.54 Å². The predicted molar refractivity (Wildman–Crippen MR) is 61.0 cm³/mol. The zero-order valence-corrected chi connectivity index (χ0v) is 10.2. The third-order valence-electron chi connectivity index (χ3n) is 2.36. The summed E-state index contributed by atoms with van der Waals surface area (Å²) < 4.78 is 38.5. The van der Waals surface area contributed by atoms with Crippen LogP contribution in [0.1, 0.15) is 19.0 Å². The molecule has 98 valence electrons. The predicted octanol–water partition coefficient (Wildman–Crippen LogP) is 2.18. The van der Waals surface area contributed by atoms with Crippen molar-refractivity contribution in [2.24, 2.45) is 0 Å². The summed E-state index contributed by atoms with van der Waals surface area (Å²) in [6, 6.07) is 0. The molecule has 1 aromatic rings. The van der Waals surface area contributed by atoms with Gasteiger partial charge in [0.25, 0.3) is 0 Å². The molecule has 0 fully saturated rings. The molecule has 0 saturated carbocycles. The van der Waals surface area contributed by atoms with Gasteiger partial charge in [0.2, 0.25) is 0 Å². The molecule has 1 heterocycles. The summed E-state index contributed by atoms with van der Waals surface area (Å²) in [5.41, 5.74) is 6.63. The van der Waals surface area contributed by atoms with Crippen LogP contribution in [-0.4, -0.2) is 29.5 Å². The first-order valence-electron chi connectivity index (χ1n) is 5.37. The maximum Gasteiger partial charge on any atom is 0.405 e. The van der Waals surface area contributed by atoms with Crippen molar-refractivity contribution in [1.29, 1.82) is 0 Å². The highest BCUT2D eigenvalue weighted by Crippen LogP contribution is 2.28. The number of hydrogen-bond acceptors (Lipinski definition) is 3. The molecule has 0 saturated heterocycles. The Hall–Kier alpha value is -1.40. The number of nitrogens with two attached hydrogens (primary N) is 1. The summed E-state index contributed by atoms with van der Waals surface area (Å²) in [5, 5.41) is 4.13. The Bertz CT molecular complexity index is 384. The van der Waals surface area contributed by atoms with Crippen LogP contribution in [0.25, 0.3) is 0 Å². The lowest BCUT2D eigenvalue weighted by molar-refractivity contribution is -0.119. The average molecular weight is 250 g/mol. The first-order chi connectivity index (χ1) is 7.76. The molecule has 0 radical (unpaired) electrons. The smallest absolute Gasteiger partial charge is 0.394 e. The summed E-state index contributed by atoms with van der Waals surface area (Å²) in [6.45, 7) is 3.13. The van der Waals surface area contributed by atoms with Gasteiger partial charge in [-0.15, -0.1) is 0 Å². The van der Waals surface area contributed by atoms with Crippen LogP contribution in [0.3, 0.4) is 0 Å². The van der Waals surface area contributed by atoms with E-state index in [9.17, 15) is 13.2 Å². The molecule has 1 rings (SSSR count). The number of nitrogens with zero attached hydrogens (tertiary/aromatic N) is 3. The van der Waals surface area contributed by atoms with Gasteiger partial charge in [0.15, 0.2) is 5.82 Å². The van der Waals surface area contributed by atoms with Crippen LogP contribution < -0.4 is 10.6 Å². The van der Waals surface area contributed by atoms with E-state index in [0.29, 0.717) is 23.7 Å². The average Bonchev–Trinajstić information content (AvgIpc) is 2.40. The van der Waals surface area contributed by atoms with E-state index >= 15 is 0 Å². The monoisotopic (exact) mass is 250 g/mol. The van der Waals surface area contributed by atoms with Gasteiger partial charge in [-0.3, -0.25) is 0 Å². The Morgan fingerprint density at radius 2 is 2.00 bits per heavy atom. The molecular weight excluding hydrogens is 233 g/mol. The fourth-order valence-electron chi connectivity index (χ4n) is 1.70. The van der Waals surface area contributed by atoms with Crippen LogP contribution in [0.5, 0.6) is 0 Å². The number of nitrogen functional groups attached to an aromatic ring is 1. The maximum absolute atomic E-state index is 12.3. The summed E-state index contributed by atoms with van der Waals surface area (Å²) in [4.78, 5) is 1.09. The minimum Gasteiger partial charge on any atom is -0.394 e. The molecule has 0 amide bonds. The van der Waals surface area contributed by atoms with Crippen molar-refractivity contribution >= 4 is 11.5 Å². The molecule has 1 aromatic heterocycles.